The van der Waals surface area contributed by atoms with Crippen LogP contribution in [0.2, 0.25) is 0 Å². The summed E-state index contributed by atoms with van der Waals surface area (Å²) in [7, 11) is -3.34. The zero-order valence-electron chi connectivity index (χ0n) is 16.4. The molecule has 0 spiro atoms. The average molecular weight is 426 g/mol. The molecule has 0 aliphatic carbocycles. The van der Waals surface area contributed by atoms with Crippen LogP contribution < -0.4 is 5.56 Å². The molecule has 0 saturated carbocycles. The molecule has 0 fully saturated rings. The van der Waals surface area contributed by atoms with Gasteiger partial charge in [-0.3, -0.25) is 9.36 Å². The highest BCUT2D eigenvalue weighted by atomic mass is 32.2. The molecular formula is C21H19N3O3S2. The first-order valence-corrected chi connectivity index (χ1v) is 11.8. The van der Waals surface area contributed by atoms with E-state index in [1.165, 1.54) is 28.5 Å². The second kappa shape index (κ2) is 7.85. The van der Waals surface area contributed by atoms with Gasteiger partial charge in [-0.1, -0.05) is 6.07 Å². The van der Waals surface area contributed by atoms with E-state index in [-0.39, 0.29) is 10.5 Å². The number of nitriles is 1. The van der Waals surface area contributed by atoms with E-state index >= 15 is 0 Å². The zero-order valence-corrected chi connectivity index (χ0v) is 18.1. The molecule has 3 aromatic rings. The lowest BCUT2D eigenvalue weighted by molar-refractivity contribution is 0.602. The van der Waals surface area contributed by atoms with Gasteiger partial charge in [0.05, 0.1) is 10.6 Å². The van der Waals surface area contributed by atoms with Crippen molar-refractivity contribution in [2.24, 2.45) is 0 Å². The summed E-state index contributed by atoms with van der Waals surface area (Å²) in [5, 5.41) is 9.84. The molecule has 0 N–H and O–H groups in total. The number of rotatable bonds is 4. The number of aryl methyl sites for hydroxylation is 2. The van der Waals surface area contributed by atoms with Gasteiger partial charge in [-0.15, -0.1) is 11.8 Å². The van der Waals surface area contributed by atoms with Crippen LogP contribution in [0.4, 0.5) is 0 Å². The molecule has 2 aromatic carbocycles. The number of hydrogen-bond acceptors (Lipinski definition) is 6. The van der Waals surface area contributed by atoms with Crippen molar-refractivity contribution in [2.75, 3.05) is 12.5 Å². The summed E-state index contributed by atoms with van der Waals surface area (Å²) in [6.07, 6.45) is 2.89. The van der Waals surface area contributed by atoms with Crippen LogP contribution in [0.5, 0.6) is 0 Å². The minimum Gasteiger partial charge on any atom is -0.267 e. The SMILES string of the molecule is CSc1nc(-c2ccc(S(C)(=O)=O)cc2)n(-c2ccc(C)c(C)c2)c(=O)c1C#N. The van der Waals surface area contributed by atoms with Gasteiger partial charge in [-0.2, -0.15) is 5.26 Å². The molecule has 3 rings (SSSR count). The number of nitrogens with zero attached hydrogens (tertiary/aromatic N) is 3. The van der Waals surface area contributed by atoms with Gasteiger partial charge in [0.1, 0.15) is 22.5 Å². The quantitative estimate of drug-likeness (QED) is 0.469. The van der Waals surface area contributed by atoms with Crippen molar-refractivity contribution in [3.63, 3.8) is 0 Å². The molecule has 0 radical (unpaired) electrons. The number of benzene rings is 2. The predicted octanol–water partition coefficient (Wildman–Crippen LogP) is 3.51. The second-order valence-corrected chi connectivity index (χ2v) is 9.45. The number of thioether (sulfide) groups is 1. The van der Waals surface area contributed by atoms with Crippen LogP contribution in [0.3, 0.4) is 0 Å². The van der Waals surface area contributed by atoms with E-state index < -0.39 is 15.4 Å². The van der Waals surface area contributed by atoms with Crippen molar-refractivity contribution >= 4 is 21.6 Å². The van der Waals surface area contributed by atoms with Crippen molar-refractivity contribution in [1.29, 1.82) is 5.26 Å². The summed E-state index contributed by atoms with van der Waals surface area (Å²) in [4.78, 5) is 17.9. The first-order chi connectivity index (χ1) is 13.7. The van der Waals surface area contributed by atoms with E-state index in [1.807, 2.05) is 32.0 Å². The summed E-state index contributed by atoms with van der Waals surface area (Å²) in [6, 6.07) is 13.7. The Morgan fingerprint density at radius 3 is 2.24 bits per heavy atom. The van der Waals surface area contributed by atoms with Crippen molar-refractivity contribution in [3.05, 3.63) is 69.5 Å². The lowest BCUT2D eigenvalue weighted by Crippen LogP contribution is -2.25. The third kappa shape index (κ3) is 3.97. The van der Waals surface area contributed by atoms with Crippen LogP contribution in [0.15, 0.2) is 57.2 Å². The van der Waals surface area contributed by atoms with Gasteiger partial charge in [0.2, 0.25) is 0 Å². The van der Waals surface area contributed by atoms with Gasteiger partial charge >= 0.3 is 0 Å². The summed E-state index contributed by atoms with van der Waals surface area (Å²) in [5.74, 6) is 0.349. The molecular weight excluding hydrogens is 406 g/mol. The molecule has 148 valence electrons. The summed E-state index contributed by atoms with van der Waals surface area (Å²) in [5.41, 5.74) is 2.77. The Bertz CT molecular complexity index is 1300. The Morgan fingerprint density at radius 1 is 1.07 bits per heavy atom. The molecule has 8 heteroatoms. The molecule has 0 aliphatic heterocycles. The highest BCUT2D eigenvalue weighted by molar-refractivity contribution is 7.98. The first kappa shape index (κ1) is 20.8. The summed E-state index contributed by atoms with van der Waals surface area (Å²) >= 11 is 1.22. The van der Waals surface area contributed by atoms with Crippen LogP contribution in [0.1, 0.15) is 16.7 Å². The first-order valence-electron chi connectivity index (χ1n) is 8.66. The molecule has 1 heterocycles. The smallest absolute Gasteiger partial charge is 0.267 e. The van der Waals surface area contributed by atoms with Crippen LogP contribution >= 0.6 is 11.8 Å². The standard InChI is InChI=1S/C21H19N3O3S2/c1-13-5-8-16(11-14(13)2)24-19(23-20(28-3)18(12-22)21(24)25)15-6-9-17(10-7-15)29(4,26)27/h5-11H,1-4H3. The van der Waals surface area contributed by atoms with Crippen LogP contribution in [0, 0.1) is 25.2 Å². The molecule has 1 aromatic heterocycles. The maximum Gasteiger partial charge on any atom is 0.277 e. The molecule has 0 aliphatic rings. The average Bonchev–Trinajstić information content (AvgIpc) is 2.69. The molecule has 6 nitrogen and oxygen atoms in total. The minimum absolute atomic E-state index is 0.0211. The van der Waals surface area contributed by atoms with E-state index in [0.717, 1.165) is 17.4 Å². The number of aromatic nitrogens is 2. The lowest BCUT2D eigenvalue weighted by atomic mass is 10.1. The van der Waals surface area contributed by atoms with Crippen molar-refractivity contribution in [2.45, 2.75) is 23.8 Å². The zero-order chi connectivity index (χ0) is 21.3. The normalized spacial score (nSPS) is 11.3. The predicted molar refractivity (Wildman–Crippen MR) is 114 cm³/mol. The lowest BCUT2D eigenvalue weighted by Gasteiger charge is -2.16. The fourth-order valence-corrected chi connectivity index (χ4v) is 4.04. The Hall–Kier alpha value is -2.89. The van der Waals surface area contributed by atoms with Gasteiger partial charge in [0.15, 0.2) is 9.84 Å². The largest absolute Gasteiger partial charge is 0.277 e. The Morgan fingerprint density at radius 2 is 1.72 bits per heavy atom. The van der Waals surface area contributed by atoms with Crippen LogP contribution in [-0.2, 0) is 9.84 Å². The Balaban J connectivity index is 2.36. The highest BCUT2D eigenvalue weighted by Gasteiger charge is 2.19. The Labute approximate surface area is 173 Å². The number of sulfone groups is 1. The van der Waals surface area contributed by atoms with Gasteiger partial charge in [0.25, 0.3) is 5.56 Å². The second-order valence-electron chi connectivity index (χ2n) is 6.64. The molecule has 0 amide bonds. The van der Waals surface area contributed by atoms with Crippen molar-refractivity contribution in [3.8, 4) is 23.1 Å². The molecule has 0 bridgehead atoms. The third-order valence-corrected chi connectivity index (χ3v) is 6.46. The molecule has 29 heavy (non-hydrogen) atoms. The van der Waals surface area contributed by atoms with Crippen molar-refractivity contribution in [1.82, 2.24) is 9.55 Å². The monoisotopic (exact) mass is 425 g/mol. The van der Waals surface area contributed by atoms with E-state index in [0.29, 0.717) is 22.1 Å². The topological polar surface area (TPSA) is 92.8 Å². The van der Waals surface area contributed by atoms with Gasteiger partial charge in [-0.25, -0.2) is 13.4 Å². The maximum absolute atomic E-state index is 13.2. The Kier molecular flexibility index (Phi) is 5.64. The number of hydrogen-bond donors (Lipinski definition) is 0. The maximum atomic E-state index is 13.2. The van der Waals surface area contributed by atoms with E-state index in [1.54, 1.807) is 24.5 Å². The van der Waals surface area contributed by atoms with Gasteiger partial charge < -0.3 is 0 Å². The summed E-state index contributed by atoms with van der Waals surface area (Å²) < 4.78 is 24.9. The van der Waals surface area contributed by atoms with Crippen LogP contribution in [-0.4, -0.2) is 30.5 Å². The summed E-state index contributed by atoms with van der Waals surface area (Å²) in [6.45, 7) is 3.92. The fourth-order valence-electron chi connectivity index (χ4n) is 2.89. The minimum atomic E-state index is -3.34. The molecule has 0 unspecified atom stereocenters. The third-order valence-electron chi connectivity index (χ3n) is 4.64. The molecule has 0 atom stereocenters. The van der Waals surface area contributed by atoms with Gasteiger partial charge in [-0.05, 0) is 67.6 Å². The van der Waals surface area contributed by atoms with Crippen LogP contribution in [0.25, 0.3) is 17.1 Å². The van der Waals surface area contributed by atoms with E-state index in [2.05, 4.69) is 4.98 Å². The highest BCUT2D eigenvalue weighted by Crippen LogP contribution is 2.26. The molecule has 0 saturated heterocycles. The fraction of sp³-hybridized carbons (Fsp3) is 0.190. The van der Waals surface area contributed by atoms with Crippen molar-refractivity contribution < 1.29 is 8.42 Å². The van der Waals surface area contributed by atoms with E-state index in [9.17, 15) is 18.5 Å². The van der Waals surface area contributed by atoms with E-state index in [4.69, 9.17) is 0 Å². The van der Waals surface area contributed by atoms with Gasteiger partial charge in [0, 0.05) is 11.8 Å².